The van der Waals surface area contributed by atoms with Crippen molar-refractivity contribution in [2.75, 3.05) is 0 Å². The van der Waals surface area contributed by atoms with E-state index in [1.165, 1.54) is 0 Å². The fourth-order valence-electron chi connectivity index (χ4n) is 2.75. The highest BCUT2D eigenvalue weighted by atomic mass is 16.5. The zero-order valence-corrected chi connectivity index (χ0v) is 11.9. The molecule has 0 fully saturated rings. The van der Waals surface area contributed by atoms with Gasteiger partial charge in [-0.1, -0.05) is 60.7 Å². The molecule has 2 N–H and O–H groups in total. The number of benzene rings is 3. The highest BCUT2D eigenvalue weighted by Gasteiger charge is 2.20. The summed E-state index contributed by atoms with van der Waals surface area (Å²) in [7, 11) is -0.988. The van der Waals surface area contributed by atoms with Crippen LogP contribution in [0.5, 0.6) is 5.75 Å². The molecule has 1 aromatic heterocycles. The lowest BCUT2D eigenvalue weighted by atomic mass is 9.79. The van der Waals surface area contributed by atoms with E-state index in [0.29, 0.717) is 5.75 Å². The molecule has 0 bridgehead atoms. The number of para-hydroxylation sites is 2. The van der Waals surface area contributed by atoms with Gasteiger partial charge in [0, 0.05) is 16.3 Å². The van der Waals surface area contributed by atoms with Gasteiger partial charge in [-0.3, -0.25) is 0 Å². The van der Waals surface area contributed by atoms with Gasteiger partial charge < -0.3 is 14.7 Å². The maximum Gasteiger partial charge on any atom is 0.560 e. The van der Waals surface area contributed by atoms with Crippen LogP contribution in [-0.4, -0.2) is 17.1 Å². The highest BCUT2D eigenvalue weighted by molar-refractivity contribution is 6.60. The smallest absolute Gasteiger partial charge is 0.531 e. The molecule has 4 heteroatoms. The van der Waals surface area contributed by atoms with Gasteiger partial charge in [-0.15, -0.1) is 0 Å². The van der Waals surface area contributed by atoms with Crippen molar-refractivity contribution in [3.8, 4) is 5.75 Å². The van der Waals surface area contributed by atoms with Crippen LogP contribution >= 0.6 is 0 Å². The summed E-state index contributed by atoms with van der Waals surface area (Å²) in [6.45, 7) is 0. The van der Waals surface area contributed by atoms with Gasteiger partial charge in [-0.2, -0.15) is 0 Å². The van der Waals surface area contributed by atoms with E-state index < -0.39 is 7.12 Å². The van der Waals surface area contributed by atoms with Gasteiger partial charge in [-0.05, 0) is 17.6 Å². The molecule has 0 spiro atoms. The molecule has 22 heavy (non-hydrogen) atoms. The van der Waals surface area contributed by atoms with Crippen LogP contribution in [-0.2, 0) is 0 Å². The van der Waals surface area contributed by atoms with E-state index in [-0.39, 0.29) is 0 Å². The standard InChI is InChI=1S/C18H14BNO2/c21-19(13-7-2-1-3-8-13)22-17-12-6-10-15-14-9-4-5-11-16(14)20-18(15)17/h1-12,20-21H. The SMILES string of the molecule is OB(Oc1cccc2c1[nH]c1ccccc12)c1ccccc1. The Balaban J connectivity index is 1.79. The second-order valence-electron chi connectivity index (χ2n) is 5.23. The lowest BCUT2D eigenvalue weighted by Crippen LogP contribution is -2.36. The Morgan fingerprint density at radius 2 is 1.50 bits per heavy atom. The van der Waals surface area contributed by atoms with E-state index in [4.69, 9.17) is 4.65 Å². The summed E-state index contributed by atoms with van der Waals surface area (Å²) in [6.07, 6.45) is 0. The van der Waals surface area contributed by atoms with E-state index >= 15 is 0 Å². The van der Waals surface area contributed by atoms with Gasteiger partial charge in [-0.25, -0.2) is 0 Å². The molecule has 4 rings (SSSR count). The molecule has 0 saturated heterocycles. The maximum absolute atomic E-state index is 10.3. The number of nitrogens with one attached hydrogen (secondary N) is 1. The van der Waals surface area contributed by atoms with Gasteiger partial charge in [0.1, 0.15) is 5.75 Å². The predicted molar refractivity (Wildman–Crippen MR) is 90.5 cm³/mol. The van der Waals surface area contributed by atoms with Crippen LogP contribution in [0, 0.1) is 0 Å². The molecule has 3 aromatic carbocycles. The summed E-state index contributed by atoms with van der Waals surface area (Å²) >= 11 is 0. The summed E-state index contributed by atoms with van der Waals surface area (Å²) < 4.78 is 5.77. The van der Waals surface area contributed by atoms with Crippen molar-refractivity contribution in [1.82, 2.24) is 4.98 Å². The van der Waals surface area contributed by atoms with Crippen molar-refractivity contribution in [1.29, 1.82) is 0 Å². The van der Waals surface area contributed by atoms with Crippen LogP contribution < -0.4 is 10.1 Å². The van der Waals surface area contributed by atoms with E-state index in [1.807, 2.05) is 60.7 Å². The van der Waals surface area contributed by atoms with Crippen LogP contribution in [0.25, 0.3) is 21.8 Å². The van der Waals surface area contributed by atoms with Gasteiger partial charge >= 0.3 is 7.12 Å². The minimum atomic E-state index is -0.988. The van der Waals surface area contributed by atoms with Crippen molar-refractivity contribution in [3.05, 3.63) is 72.8 Å². The second-order valence-corrected chi connectivity index (χ2v) is 5.23. The monoisotopic (exact) mass is 287 g/mol. The molecular weight excluding hydrogens is 273 g/mol. The number of rotatable bonds is 3. The fourth-order valence-corrected chi connectivity index (χ4v) is 2.75. The largest absolute Gasteiger partial charge is 0.560 e. The van der Waals surface area contributed by atoms with Crippen molar-refractivity contribution >= 4 is 34.4 Å². The van der Waals surface area contributed by atoms with Crippen LogP contribution in [0.4, 0.5) is 0 Å². The Kier molecular flexibility index (Phi) is 3.09. The molecule has 0 amide bonds. The third-order valence-electron chi connectivity index (χ3n) is 3.83. The van der Waals surface area contributed by atoms with E-state index in [9.17, 15) is 5.02 Å². The minimum Gasteiger partial charge on any atom is -0.531 e. The maximum atomic E-state index is 10.3. The molecule has 0 radical (unpaired) electrons. The molecule has 0 saturated carbocycles. The molecular formula is C18H14BNO2. The summed E-state index contributed by atoms with van der Waals surface area (Å²) in [5.41, 5.74) is 2.69. The molecule has 3 nitrogen and oxygen atoms in total. The van der Waals surface area contributed by atoms with Crippen molar-refractivity contribution in [2.45, 2.75) is 0 Å². The van der Waals surface area contributed by atoms with Gasteiger partial charge in [0.2, 0.25) is 0 Å². The normalized spacial score (nSPS) is 11.0. The Labute approximate surface area is 128 Å². The topological polar surface area (TPSA) is 45.2 Å². The predicted octanol–water partition coefficient (Wildman–Crippen LogP) is 3.09. The summed E-state index contributed by atoms with van der Waals surface area (Å²) in [5, 5.41) is 12.5. The lowest BCUT2D eigenvalue weighted by Gasteiger charge is -2.10. The number of fused-ring (bicyclic) bond motifs is 3. The van der Waals surface area contributed by atoms with Crippen LogP contribution in [0.1, 0.15) is 0 Å². The fraction of sp³-hybridized carbons (Fsp3) is 0. The first-order chi connectivity index (χ1) is 10.8. The van der Waals surface area contributed by atoms with E-state index in [2.05, 4.69) is 17.1 Å². The van der Waals surface area contributed by atoms with Crippen molar-refractivity contribution < 1.29 is 9.68 Å². The number of aromatic amines is 1. The third kappa shape index (κ3) is 2.14. The number of H-pyrrole nitrogens is 1. The van der Waals surface area contributed by atoms with Gasteiger partial charge in [0.25, 0.3) is 0 Å². The molecule has 0 atom stereocenters. The summed E-state index contributed by atoms with van der Waals surface area (Å²) in [5.74, 6) is 0.644. The molecule has 1 heterocycles. The first-order valence-corrected chi connectivity index (χ1v) is 7.22. The molecule has 0 unspecified atom stereocenters. The number of hydrogen-bond acceptors (Lipinski definition) is 2. The van der Waals surface area contributed by atoms with Crippen molar-refractivity contribution in [3.63, 3.8) is 0 Å². The first-order valence-electron chi connectivity index (χ1n) is 7.22. The average molecular weight is 287 g/mol. The zero-order chi connectivity index (χ0) is 14.9. The van der Waals surface area contributed by atoms with E-state index in [0.717, 1.165) is 27.3 Å². The summed E-state index contributed by atoms with van der Waals surface area (Å²) in [6, 6.07) is 23.3. The summed E-state index contributed by atoms with van der Waals surface area (Å²) in [4.78, 5) is 3.37. The zero-order valence-electron chi connectivity index (χ0n) is 11.9. The molecule has 0 aliphatic heterocycles. The van der Waals surface area contributed by atoms with Crippen LogP contribution in [0.15, 0.2) is 72.8 Å². The van der Waals surface area contributed by atoms with Crippen LogP contribution in [0.3, 0.4) is 0 Å². The Morgan fingerprint density at radius 1 is 0.773 bits per heavy atom. The third-order valence-corrected chi connectivity index (χ3v) is 3.83. The lowest BCUT2D eigenvalue weighted by molar-refractivity contribution is 0.435. The Morgan fingerprint density at radius 3 is 2.36 bits per heavy atom. The number of aromatic nitrogens is 1. The van der Waals surface area contributed by atoms with Gasteiger partial charge in [0.15, 0.2) is 0 Å². The first kappa shape index (κ1) is 13.0. The number of hydrogen-bond donors (Lipinski definition) is 2. The average Bonchev–Trinajstić information content (AvgIpc) is 2.95. The van der Waals surface area contributed by atoms with Crippen LogP contribution in [0.2, 0.25) is 0 Å². The quantitative estimate of drug-likeness (QED) is 0.569. The molecule has 0 aliphatic carbocycles. The highest BCUT2D eigenvalue weighted by Crippen LogP contribution is 2.31. The molecule has 4 aromatic rings. The molecule has 0 aliphatic rings. The van der Waals surface area contributed by atoms with Gasteiger partial charge in [0.05, 0.1) is 5.52 Å². The van der Waals surface area contributed by atoms with E-state index in [1.54, 1.807) is 0 Å². The Bertz CT molecular complexity index is 934. The van der Waals surface area contributed by atoms with Crippen molar-refractivity contribution in [2.24, 2.45) is 0 Å². The Hall–Kier alpha value is -2.72. The molecule has 106 valence electrons. The minimum absolute atomic E-state index is 0.644. The second kappa shape index (κ2) is 5.24.